The molecule has 7 nitrogen and oxygen atoms in total. The second kappa shape index (κ2) is 7.67. The zero-order valence-electron chi connectivity index (χ0n) is 14.5. The monoisotopic (exact) mass is 371 g/mol. The highest BCUT2D eigenvalue weighted by Gasteiger charge is 2.20. The molecule has 0 unspecified atom stereocenters. The van der Waals surface area contributed by atoms with Crippen LogP contribution in [0.25, 0.3) is 0 Å². The maximum atomic E-state index is 12.6. The summed E-state index contributed by atoms with van der Waals surface area (Å²) in [5.41, 5.74) is 7.06. The molecule has 1 aromatic heterocycles. The molecule has 2 aromatic rings. The Bertz CT molecular complexity index is 870. The van der Waals surface area contributed by atoms with Gasteiger partial charge in [0.05, 0.1) is 5.56 Å². The van der Waals surface area contributed by atoms with E-state index in [2.05, 4.69) is 22.2 Å². The predicted molar refractivity (Wildman–Crippen MR) is 103 cm³/mol. The summed E-state index contributed by atoms with van der Waals surface area (Å²) < 4.78 is 0.486. The largest absolute Gasteiger partial charge is 0.365 e. The Hall–Kier alpha value is -2.71. The number of hydrogen-bond donors (Lipinski definition) is 3. The molecule has 0 spiro atoms. The second-order valence-electron chi connectivity index (χ2n) is 6.27. The summed E-state index contributed by atoms with van der Waals surface area (Å²) in [5, 5.41) is 3.09. The number of H-pyrrole nitrogens is 1. The molecular weight excluding hydrogens is 350 g/mol. The van der Waals surface area contributed by atoms with Crippen LogP contribution in [0.15, 0.2) is 36.4 Å². The Morgan fingerprint density at radius 2 is 1.73 bits per heavy atom. The fourth-order valence-electron chi connectivity index (χ4n) is 2.81. The molecule has 2 amide bonds. The Morgan fingerprint density at radius 3 is 2.35 bits per heavy atom. The number of nitrogens with one attached hydrogen (secondary N) is 2. The van der Waals surface area contributed by atoms with Crippen LogP contribution in [0.5, 0.6) is 0 Å². The number of aromatic amines is 1. The standard InChI is InChI=1S/C18H21N5O2S/c1-22-8-10-23(11-9-22)18(25)12-2-4-13(5-3-12)20-17-14(16(19)24)6-7-15(26)21-17/h2-7H,8-11H2,1H3,(H2,19,24)(H2,20,21,26). The lowest BCUT2D eigenvalue weighted by Gasteiger charge is -2.32. The van der Waals surface area contributed by atoms with Crippen molar-refractivity contribution in [3.05, 3.63) is 52.2 Å². The number of hydrogen-bond acceptors (Lipinski definition) is 5. The summed E-state index contributed by atoms with van der Waals surface area (Å²) in [4.78, 5) is 31.1. The maximum absolute atomic E-state index is 12.6. The summed E-state index contributed by atoms with van der Waals surface area (Å²) in [6.07, 6.45) is 0. The predicted octanol–water partition coefficient (Wildman–Crippen LogP) is 1.97. The zero-order valence-corrected chi connectivity index (χ0v) is 15.3. The highest BCUT2D eigenvalue weighted by atomic mass is 32.1. The third-order valence-electron chi connectivity index (χ3n) is 4.38. The molecule has 0 atom stereocenters. The number of aromatic nitrogens is 1. The number of pyridine rings is 1. The smallest absolute Gasteiger partial charge is 0.253 e. The number of primary amides is 1. The molecule has 136 valence electrons. The number of piperazine rings is 1. The summed E-state index contributed by atoms with van der Waals surface area (Å²) in [6, 6.07) is 10.3. The van der Waals surface area contributed by atoms with Crippen LogP contribution in [-0.2, 0) is 0 Å². The minimum absolute atomic E-state index is 0.0293. The molecule has 1 fully saturated rings. The van der Waals surface area contributed by atoms with Crippen LogP contribution in [0.3, 0.4) is 0 Å². The molecule has 0 radical (unpaired) electrons. The van der Waals surface area contributed by atoms with Crippen molar-refractivity contribution in [2.45, 2.75) is 0 Å². The van der Waals surface area contributed by atoms with E-state index in [9.17, 15) is 9.59 Å². The van der Waals surface area contributed by atoms with Crippen LogP contribution in [-0.4, -0.2) is 59.8 Å². The van der Waals surface area contributed by atoms with Gasteiger partial charge in [0.25, 0.3) is 11.8 Å². The molecule has 0 saturated carbocycles. The van der Waals surface area contributed by atoms with Crippen molar-refractivity contribution in [3.8, 4) is 0 Å². The first-order valence-electron chi connectivity index (χ1n) is 8.32. The molecule has 8 heteroatoms. The van der Waals surface area contributed by atoms with E-state index in [4.69, 9.17) is 18.0 Å². The lowest BCUT2D eigenvalue weighted by molar-refractivity contribution is 0.0664. The molecule has 1 aliphatic heterocycles. The Balaban J connectivity index is 1.74. The molecule has 0 aliphatic carbocycles. The van der Waals surface area contributed by atoms with Crippen LogP contribution >= 0.6 is 12.2 Å². The number of benzene rings is 1. The van der Waals surface area contributed by atoms with E-state index in [-0.39, 0.29) is 5.91 Å². The fourth-order valence-corrected chi connectivity index (χ4v) is 2.98. The third-order valence-corrected chi connectivity index (χ3v) is 4.61. The fraction of sp³-hybridized carbons (Fsp3) is 0.278. The van der Waals surface area contributed by atoms with Gasteiger partial charge in [-0.2, -0.15) is 0 Å². The van der Waals surface area contributed by atoms with Crippen molar-refractivity contribution in [2.24, 2.45) is 5.73 Å². The zero-order chi connectivity index (χ0) is 18.7. The van der Waals surface area contributed by atoms with Crippen LogP contribution in [0.1, 0.15) is 20.7 Å². The van der Waals surface area contributed by atoms with Gasteiger partial charge >= 0.3 is 0 Å². The van der Waals surface area contributed by atoms with Gasteiger partial charge in [-0.25, -0.2) is 0 Å². The van der Waals surface area contributed by atoms with Gasteiger partial charge in [-0.3, -0.25) is 9.59 Å². The van der Waals surface area contributed by atoms with Crippen LogP contribution in [0.2, 0.25) is 0 Å². The molecule has 1 saturated heterocycles. The van der Waals surface area contributed by atoms with Crippen LogP contribution < -0.4 is 11.1 Å². The summed E-state index contributed by atoms with van der Waals surface area (Å²) in [6.45, 7) is 3.23. The van der Waals surface area contributed by atoms with E-state index < -0.39 is 5.91 Å². The number of nitrogens with two attached hydrogens (primary N) is 1. The van der Waals surface area contributed by atoms with Gasteiger partial charge in [0.2, 0.25) is 0 Å². The Kier molecular flexibility index (Phi) is 5.34. The topological polar surface area (TPSA) is 94.5 Å². The minimum Gasteiger partial charge on any atom is -0.365 e. The van der Waals surface area contributed by atoms with Crippen molar-refractivity contribution >= 4 is 35.5 Å². The first kappa shape index (κ1) is 18.1. The van der Waals surface area contributed by atoms with Crippen LogP contribution in [0.4, 0.5) is 11.5 Å². The van der Waals surface area contributed by atoms with Crippen molar-refractivity contribution in [2.75, 3.05) is 38.5 Å². The average Bonchev–Trinajstić information content (AvgIpc) is 2.62. The third kappa shape index (κ3) is 4.09. The molecule has 2 heterocycles. The van der Waals surface area contributed by atoms with Gasteiger partial charge in [0.1, 0.15) is 10.5 Å². The number of anilines is 2. The number of carbonyl (C=O) groups excluding carboxylic acids is 2. The van der Waals surface area contributed by atoms with E-state index in [0.717, 1.165) is 31.9 Å². The molecule has 26 heavy (non-hydrogen) atoms. The SMILES string of the molecule is CN1CCN(C(=O)c2ccc(Nc3[nH]c(=S)ccc3C(N)=O)cc2)CC1. The number of nitrogens with zero attached hydrogens (tertiary/aromatic N) is 2. The van der Waals surface area contributed by atoms with Gasteiger partial charge in [0.15, 0.2) is 0 Å². The number of carbonyl (C=O) groups is 2. The van der Waals surface area contributed by atoms with Crippen molar-refractivity contribution in [3.63, 3.8) is 0 Å². The van der Waals surface area contributed by atoms with E-state index in [1.807, 2.05) is 4.90 Å². The quantitative estimate of drug-likeness (QED) is 0.715. The first-order chi connectivity index (χ1) is 12.4. The molecule has 4 N–H and O–H groups in total. The first-order valence-corrected chi connectivity index (χ1v) is 8.73. The summed E-state index contributed by atoms with van der Waals surface area (Å²) >= 11 is 5.10. The molecule has 1 aromatic carbocycles. The van der Waals surface area contributed by atoms with Gasteiger partial charge in [-0.15, -0.1) is 0 Å². The molecule has 1 aliphatic rings. The average molecular weight is 371 g/mol. The molecular formula is C18H21N5O2S. The lowest BCUT2D eigenvalue weighted by atomic mass is 10.1. The number of amides is 2. The highest BCUT2D eigenvalue weighted by Crippen LogP contribution is 2.20. The van der Waals surface area contributed by atoms with Crippen molar-refractivity contribution < 1.29 is 9.59 Å². The summed E-state index contributed by atoms with van der Waals surface area (Å²) in [5.74, 6) is -0.0923. The van der Waals surface area contributed by atoms with E-state index in [0.29, 0.717) is 21.6 Å². The summed E-state index contributed by atoms with van der Waals surface area (Å²) in [7, 11) is 2.05. The van der Waals surface area contributed by atoms with E-state index in [1.165, 1.54) is 0 Å². The van der Waals surface area contributed by atoms with Crippen molar-refractivity contribution in [1.29, 1.82) is 0 Å². The second-order valence-corrected chi connectivity index (χ2v) is 6.71. The Morgan fingerprint density at radius 1 is 1.08 bits per heavy atom. The van der Waals surface area contributed by atoms with Gasteiger partial charge in [-0.05, 0) is 43.4 Å². The van der Waals surface area contributed by atoms with Gasteiger partial charge in [0, 0.05) is 37.4 Å². The van der Waals surface area contributed by atoms with Crippen molar-refractivity contribution in [1.82, 2.24) is 14.8 Å². The van der Waals surface area contributed by atoms with Gasteiger partial charge < -0.3 is 25.8 Å². The minimum atomic E-state index is -0.555. The van der Waals surface area contributed by atoms with Crippen LogP contribution in [0, 0.1) is 4.64 Å². The normalized spacial score (nSPS) is 14.9. The lowest BCUT2D eigenvalue weighted by Crippen LogP contribution is -2.47. The highest BCUT2D eigenvalue weighted by molar-refractivity contribution is 7.71. The number of likely N-dealkylation sites (N-methyl/N-ethyl adjacent to an activating group) is 1. The maximum Gasteiger partial charge on any atom is 0.253 e. The van der Waals surface area contributed by atoms with E-state index >= 15 is 0 Å². The molecule has 0 bridgehead atoms. The molecule has 3 rings (SSSR count). The Labute approximate surface area is 156 Å². The van der Waals surface area contributed by atoms with E-state index in [1.54, 1.807) is 36.4 Å². The number of rotatable bonds is 4. The van der Waals surface area contributed by atoms with Gasteiger partial charge in [-0.1, -0.05) is 12.2 Å².